The lowest BCUT2D eigenvalue weighted by molar-refractivity contribution is -0.164. The third-order valence-electron chi connectivity index (χ3n) is 11.8. The second-order valence-electron chi connectivity index (χ2n) is 16.3. The zero-order valence-electron chi connectivity index (χ0n) is 32.1. The minimum atomic E-state index is -0.980. The molecule has 292 valence electrons. The van der Waals surface area contributed by atoms with Crippen LogP contribution in [0, 0.1) is 22.2 Å². The Bertz CT molecular complexity index is 2110. The summed E-state index contributed by atoms with van der Waals surface area (Å²) in [4.78, 5) is 73.9. The number of halogens is 1. The average Bonchev–Trinajstić information content (AvgIpc) is 3.42. The van der Waals surface area contributed by atoms with Crippen molar-refractivity contribution in [1.29, 1.82) is 5.26 Å². The summed E-state index contributed by atoms with van der Waals surface area (Å²) in [5, 5.41) is 15.0. The molecule has 0 bridgehead atoms. The van der Waals surface area contributed by atoms with E-state index < -0.39 is 29.7 Å². The fourth-order valence-corrected chi connectivity index (χ4v) is 9.26. The van der Waals surface area contributed by atoms with Crippen LogP contribution in [-0.2, 0) is 16.0 Å². The molecule has 1 atom stereocenters. The highest BCUT2D eigenvalue weighted by atomic mass is 35.5. The second kappa shape index (κ2) is 15.3. The molecular weight excluding hydrogens is 734 g/mol. The number of ether oxygens (including phenoxy) is 1. The van der Waals surface area contributed by atoms with Crippen LogP contribution >= 0.6 is 11.6 Å². The number of nitriles is 1. The number of nitrogens with zero attached hydrogens (tertiary/aromatic N) is 5. The SMILES string of the molecule is CC1(C)C(NC(=O)c2ccc(CCCCN3CCN(c4ccc5c(c4)C(=O)N(C4CCC(=O)NC4=O)C5=O)CC3)nc2)C(C)(C)C1Oc1ccc(C#N)c(Cl)c1. The number of benzene rings is 2. The average molecular weight is 780 g/mol. The number of hydrogen-bond acceptors (Lipinski definition) is 10. The number of aryl methyl sites for hydroxylation is 1. The summed E-state index contributed by atoms with van der Waals surface area (Å²) in [5.74, 6) is -1.61. The number of piperazine rings is 1. The van der Waals surface area contributed by atoms with E-state index in [1.807, 2.05) is 18.2 Å². The number of rotatable bonds is 11. The van der Waals surface area contributed by atoms with E-state index in [0.717, 1.165) is 68.3 Å². The van der Waals surface area contributed by atoms with Gasteiger partial charge in [0.05, 0.1) is 27.3 Å². The highest BCUT2D eigenvalue weighted by Gasteiger charge is 2.64. The molecule has 2 aromatic carbocycles. The van der Waals surface area contributed by atoms with Gasteiger partial charge in [-0.15, -0.1) is 0 Å². The van der Waals surface area contributed by atoms with Crippen molar-refractivity contribution in [3.8, 4) is 11.8 Å². The van der Waals surface area contributed by atoms with E-state index in [-0.39, 0.29) is 47.3 Å². The lowest BCUT2D eigenvalue weighted by Gasteiger charge is -2.63. The molecule has 7 rings (SSSR count). The van der Waals surface area contributed by atoms with E-state index in [0.29, 0.717) is 27.5 Å². The van der Waals surface area contributed by atoms with Crippen molar-refractivity contribution in [3.63, 3.8) is 0 Å². The Hall–Kier alpha value is -5.32. The number of fused-ring (bicyclic) bond motifs is 1. The van der Waals surface area contributed by atoms with Gasteiger partial charge in [-0.3, -0.25) is 44.1 Å². The predicted octanol–water partition coefficient (Wildman–Crippen LogP) is 4.76. The minimum absolute atomic E-state index is 0.0851. The molecule has 0 radical (unpaired) electrons. The van der Waals surface area contributed by atoms with Crippen LogP contribution in [0.4, 0.5) is 5.69 Å². The zero-order valence-corrected chi connectivity index (χ0v) is 32.8. The number of aromatic nitrogens is 1. The van der Waals surface area contributed by atoms with Crippen LogP contribution < -0.4 is 20.3 Å². The summed E-state index contributed by atoms with van der Waals surface area (Å²) in [6.45, 7) is 12.5. The van der Waals surface area contributed by atoms with Gasteiger partial charge in [-0.05, 0) is 74.7 Å². The standard InChI is InChI=1S/C42H46ClN7O6/c1-41(2)39(42(3,4)40(41)56-29-12-9-25(23-44)32(43)22-29)47-35(52)26-8-10-27(45-24-26)7-5-6-16-48-17-19-49(20-18-48)28-11-13-30-31(21-28)38(55)50(37(30)54)33-14-15-34(51)46-36(33)53/h8-13,21-22,24,33,39-40H,5-7,14-20H2,1-4H3,(H,47,52)(H,46,51,53). The Morgan fingerprint density at radius 2 is 1.70 bits per heavy atom. The van der Waals surface area contributed by atoms with Crippen molar-refractivity contribution in [1.82, 2.24) is 25.4 Å². The maximum absolute atomic E-state index is 13.3. The summed E-state index contributed by atoms with van der Waals surface area (Å²) in [5.41, 5.74) is 2.53. The Kier molecular flexibility index (Phi) is 10.6. The molecule has 13 nitrogen and oxygen atoms in total. The first-order valence-electron chi connectivity index (χ1n) is 19.1. The first kappa shape index (κ1) is 38.9. The van der Waals surface area contributed by atoms with E-state index in [4.69, 9.17) is 16.3 Å². The topological polar surface area (TPSA) is 165 Å². The lowest BCUT2D eigenvalue weighted by Crippen LogP contribution is -2.74. The van der Waals surface area contributed by atoms with Gasteiger partial charge in [0.1, 0.15) is 24.0 Å². The Balaban J connectivity index is 0.841. The van der Waals surface area contributed by atoms with Gasteiger partial charge in [0.15, 0.2) is 0 Å². The van der Waals surface area contributed by atoms with Crippen molar-refractivity contribution in [2.45, 2.75) is 78.0 Å². The number of anilines is 1. The van der Waals surface area contributed by atoms with E-state index >= 15 is 0 Å². The van der Waals surface area contributed by atoms with Crippen molar-refractivity contribution in [3.05, 3.63) is 87.7 Å². The molecule has 1 unspecified atom stereocenters. The van der Waals surface area contributed by atoms with Gasteiger partial charge in [0.2, 0.25) is 11.8 Å². The number of unbranched alkanes of at least 4 members (excludes halogenated alkanes) is 1. The normalized spacial score (nSPS) is 22.9. The number of nitrogens with one attached hydrogen (secondary N) is 2. The third-order valence-corrected chi connectivity index (χ3v) is 12.1. The summed E-state index contributed by atoms with van der Waals surface area (Å²) in [7, 11) is 0. The predicted molar refractivity (Wildman–Crippen MR) is 208 cm³/mol. The van der Waals surface area contributed by atoms with Crippen molar-refractivity contribution >= 4 is 46.8 Å². The number of hydrogen-bond donors (Lipinski definition) is 2. The molecule has 56 heavy (non-hydrogen) atoms. The van der Waals surface area contributed by atoms with E-state index in [2.05, 4.69) is 59.2 Å². The molecule has 3 aromatic rings. The molecule has 2 saturated heterocycles. The first-order valence-corrected chi connectivity index (χ1v) is 19.5. The number of imide groups is 2. The molecule has 3 fully saturated rings. The highest BCUT2D eigenvalue weighted by Crippen LogP contribution is 2.55. The van der Waals surface area contributed by atoms with Crippen LogP contribution in [0.1, 0.15) is 95.7 Å². The quantitative estimate of drug-likeness (QED) is 0.205. The largest absolute Gasteiger partial charge is 0.489 e. The number of carbonyl (C=O) groups excluding carboxylic acids is 5. The molecule has 1 aliphatic carbocycles. The van der Waals surface area contributed by atoms with Gasteiger partial charge in [0.25, 0.3) is 17.7 Å². The summed E-state index contributed by atoms with van der Waals surface area (Å²) < 4.78 is 6.35. The van der Waals surface area contributed by atoms with E-state index in [1.54, 1.807) is 36.5 Å². The van der Waals surface area contributed by atoms with Crippen molar-refractivity contribution in [2.24, 2.45) is 10.8 Å². The fourth-order valence-electron chi connectivity index (χ4n) is 9.04. The Morgan fingerprint density at radius 3 is 2.36 bits per heavy atom. The molecule has 14 heteroatoms. The monoisotopic (exact) mass is 779 g/mol. The number of pyridine rings is 1. The minimum Gasteiger partial charge on any atom is -0.489 e. The summed E-state index contributed by atoms with van der Waals surface area (Å²) >= 11 is 6.23. The zero-order chi connectivity index (χ0) is 39.9. The first-order chi connectivity index (χ1) is 26.7. The lowest BCUT2D eigenvalue weighted by atomic mass is 9.49. The van der Waals surface area contributed by atoms with Gasteiger partial charge >= 0.3 is 0 Å². The maximum Gasteiger partial charge on any atom is 0.262 e. The molecule has 3 aliphatic heterocycles. The number of carbonyl (C=O) groups is 5. The Labute approximate surface area is 331 Å². The molecule has 4 heterocycles. The van der Waals surface area contributed by atoms with Crippen LogP contribution in [0.15, 0.2) is 54.7 Å². The van der Waals surface area contributed by atoms with Crippen LogP contribution in [0.2, 0.25) is 5.02 Å². The van der Waals surface area contributed by atoms with Crippen LogP contribution in [-0.4, -0.2) is 95.2 Å². The molecule has 1 saturated carbocycles. The molecule has 2 N–H and O–H groups in total. The highest BCUT2D eigenvalue weighted by molar-refractivity contribution is 6.31. The fraction of sp³-hybridized carbons (Fsp3) is 0.452. The molecule has 5 amide bonds. The Morgan fingerprint density at radius 1 is 0.964 bits per heavy atom. The van der Waals surface area contributed by atoms with Crippen LogP contribution in [0.25, 0.3) is 0 Å². The van der Waals surface area contributed by atoms with Crippen molar-refractivity contribution < 1.29 is 28.7 Å². The summed E-state index contributed by atoms with van der Waals surface area (Å²) in [6.07, 6.45) is 4.43. The van der Waals surface area contributed by atoms with E-state index in [9.17, 15) is 29.2 Å². The van der Waals surface area contributed by atoms with E-state index in [1.165, 1.54) is 0 Å². The molecule has 0 spiro atoms. The molecule has 4 aliphatic rings. The van der Waals surface area contributed by atoms with Gasteiger partial charge in [-0.2, -0.15) is 5.26 Å². The van der Waals surface area contributed by atoms with Gasteiger partial charge < -0.3 is 15.0 Å². The third kappa shape index (κ3) is 7.35. The molecular formula is C42H46ClN7O6. The second-order valence-corrected chi connectivity index (χ2v) is 16.7. The number of amides is 5. The summed E-state index contributed by atoms with van der Waals surface area (Å²) in [6, 6.07) is 15.0. The van der Waals surface area contributed by atoms with Gasteiger partial charge in [-0.25, -0.2) is 0 Å². The number of piperidine rings is 1. The van der Waals surface area contributed by atoms with Gasteiger partial charge in [-0.1, -0.05) is 39.3 Å². The smallest absolute Gasteiger partial charge is 0.262 e. The van der Waals surface area contributed by atoms with Gasteiger partial charge in [0, 0.05) is 73.1 Å². The molecule has 1 aromatic heterocycles. The van der Waals surface area contributed by atoms with Crippen molar-refractivity contribution in [2.75, 3.05) is 37.6 Å². The van der Waals surface area contributed by atoms with Crippen LogP contribution in [0.3, 0.4) is 0 Å². The van der Waals surface area contributed by atoms with Crippen LogP contribution in [0.5, 0.6) is 5.75 Å². The maximum atomic E-state index is 13.3.